The Bertz CT molecular complexity index is 476. The molecule has 1 fully saturated rings. The Labute approximate surface area is 131 Å². The highest BCUT2D eigenvalue weighted by atomic mass is 32.1. The van der Waals surface area contributed by atoms with Crippen molar-refractivity contribution in [2.24, 2.45) is 11.7 Å². The Morgan fingerprint density at radius 1 is 1.52 bits per heavy atom. The molecule has 2 atom stereocenters. The average Bonchev–Trinajstić information content (AvgIpc) is 3.08. The predicted molar refractivity (Wildman–Crippen MR) is 87.5 cm³/mol. The number of nitrogens with zero attached hydrogens (tertiary/aromatic N) is 3. The number of hydrogen-bond acceptors (Lipinski definition) is 5. The van der Waals surface area contributed by atoms with Gasteiger partial charge in [0.05, 0.1) is 5.69 Å². The van der Waals surface area contributed by atoms with Crippen molar-refractivity contribution in [1.29, 1.82) is 0 Å². The molecule has 0 saturated heterocycles. The number of carbonyl (C=O) groups excluding carboxylic acids is 1. The number of amides is 1. The fourth-order valence-electron chi connectivity index (χ4n) is 3.23. The highest BCUT2D eigenvalue weighted by molar-refractivity contribution is 7.14. The summed E-state index contributed by atoms with van der Waals surface area (Å²) < 4.78 is 0. The van der Waals surface area contributed by atoms with Gasteiger partial charge in [-0.3, -0.25) is 14.6 Å². The minimum atomic E-state index is 0.0470. The molecular formula is C15H26N4OS. The van der Waals surface area contributed by atoms with E-state index in [-0.39, 0.29) is 5.91 Å². The monoisotopic (exact) mass is 310 g/mol. The van der Waals surface area contributed by atoms with Crippen molar-refractivity contribution in [3.63, 3.8) is 0 Å². The van der Waals surface area contributed by atoms with Gasteiger partial charge in [-0.2, -0.15) is 0 Å². The van der Waals surface area contributed by atoms with E-state index in [0.29, 0.717) is 18.5 Å². The molecule has 2 N–H and O–H groups in total. The van der Waals surface area contributed by atoms with Crippen LogP contribution < -0.4 is 10.6 Å². The van der Waals surface area contributed by atoms with E-state index >= 15 is 0 Å². The van der Waals surface area contributed by atoms with Crippen LogP contribution in [0.2, 0.25) is 0 Å². The highest BCUT2D eigenvalue weighted by Crippen LogP contribution is 2.30. The Morgan fingerprint density at radius 3 is 2.90 bits per heavy atom. The Kier molecular flexibility index (Phi) is 5.72. The molecule has 5 nitrogen and oxygen atoms in total. The number of nitrogens with two attached hydrogens (primary N) is 1. The highest BCUT2D eigenvalue weighted by Gasteiger charge is 2.29. The molecule has 2 rings (SSSR count). The van der Waals surface area contributed by atoms with Crippen molar-refractivity contribution in [3.05, 3.63) is 11.1 Å². The number of hydrogen-bond donors (Lipinski definition) is 1. The first kappa shape index (κ1) is 16.4. The molecule has 0 bridgehead atoms. The summed E-state index contributed by atoms with van der Waals surface area (Å²) in [4.78, 5) is 20.3. The van der Waals surface area contributed by atoms with Crippen molar-refractivity contribution in [1.82, 2.24) is 9.88 Å². The molecular weight excluding hydrogens is 284 g/mol. The Morgan fingerprint density at radius 2 is 2.29 bits per heavy atom. The zero-order valence-corrected chi connectivity index (χ0v) is 14.0. The molecule has 0 spiro atoms. The first-order valence-electron chi connectivity index (χ1n) is 7.69. The molecule has 1 aliphatic rings. The smallest absolute Gasteiger partial charge is 0.225 e. The van der Waals surface area contributed by atoms with E-state index in [1.165, 1.54) is 19.3 Å². The van der Waals surface area contributed by atoms with E-state index in [9.17, 15) is 4.79 Å². The quantitative estimate of drug-likeness (QED) is 0.874. The summed E-state index contributed by atoms with van der Waals surface area (Å²) in [6.07, 6.45) is 3.73. The lowest BCUT2D eigenvalue weighted by Crippen LogP contribution is -2.37. The van der Waals surface area contributed by atoms with E-state index in [1.807, 2.05) is 6.92 Å². The molecule has 1 aliphatic carbocycles. The van der Waals surface area contributed by atoms with Gasteiger partial charge in [0.15, 0.2) is 5.13 Å². The van der Waals surface area contributed by atoms with Crippen LogP contribution in [0.5, 0.6) is 0 Å². The predicted octanol–water partition coefficient (Wildman–Crippen LogP) is 2.08. The first-order valence-corrected chi connectivity index (χ1v) is 8.57. The lowest BCUT2D eigenvalue weighted by Gasteiger charge is -2.28. The van der Waals surface area contributed by atoms with Crippen LogP contribution in [0.4, 0.5) is 5.13 Å². The zero-order valence-electron chi connectivity index (χ0n) is 13.2. The van der Waals surface area contributed by atoms with Crippen molar-refractivity contribution < 1.29 is 4.79 Å². The first-order chi connectivity index (χ1) is 10.1. The molecule has 1 amide bonds. The van der Waals surface area contributed by atoms with E-state index < -0.39 is 0 Å². The van der Waals surface area contributed by atoms with Crippen molar-refractivity contribution >= 4 is 22.4 Å². The van der Waals surface area contributed by atoms with Crippen LogP contribution in [-0.4, -0.2) is 42.0 Å². The van der Waals surface area contributed by atoms with Crippen molar-refractivity contribution in [2.75, 3.05) is 25.0 Å². The van der Waals surface area contributed by atoms with E-state index in [4.69, 9.17) is 5.73 Å². The van der Waals surface area contributed by atoms with Crippen molar-refractivity contribution in [2.45, 2.75) is 45.7 Å². The van der Waals surface area contributed by atoms with Crippen LogP contribution in [0.25, 0.3) is 0 Å². The van der Waals surface area contributed by atoms with Gasteiger partial charge in [0.25, 0.3) is 0 Å². The van der Waals surface area contributed by atoms with Gasteiger partial charge in [0.2, 0.25) is 5.91 Å². The minimum absolute atomic E-state index is 0.0470. The largest absolute Gasteiger partial charge is 0.330 e. The van der Waals surface area contributed by atoms with Crippen LogP contribution in [0.1, 0.15) is 38.8 Å². The second-order valence-corrected chi connectivity index (χ2v) is 6.63. The van der Waals surface area contributed by atoms with Gasteiger partial charge in [-0.05, 0) is 39.3 Å². The number of anilines is 1. The second-order valence-electron chi connectivity index (χ2n) is 5.79. The van der Waals surface area contributed by atoms with E-state index in [1.54, 1.807) is 23.2 Å². The summed E-state index contributed by atoms with van der Waals surface area (Å²) in [5, 5.41) is 2.86. The summed E-state index contributed by atoms with van der Waals surface area (Å²) in [6, 6.07) is 0.565. The number of thiazole rings is 1. The summed E-state index contributed by atoms with van der Waals surface area (Å²) in [5.41, 5.74) is 6.91. The van der Waals surface area contributed by atoms with E-state index in [0.717, 1.165) is 23.9 Å². The summed E-state index contributed by atoms with van der Waals surface area (Å²) in [6.45, 7) is 5.81. The van der Waals surface area contributed by atoms with Gasteiger partial charge in [0.1, 0.15) is 0 Å². The maximum Gasteiger partial charge on any atom is 0.225 e. The molecule has 0 aromatic carbocycles. The molecule has 1 heterocycles. The SMILES string of the molecule is CCN(C(C)=O)c1nc(CN(C)C2CCCC2CN)cs1. The van der Waals surface area contributed by atoms with Crippen LogP contribution in [0.3, 0.4) is 0 Å². The third-order valence-corrected chi connectivity index (χ3v) is 5.28. The minimum Gasteiger partial charge on any atom is -0.330 e. The Hall–Kier alpha value is -0.980. The number of rotatable bonds is 6. The summed E-state index contributed by atoms with van der Waals surface area (Å²) in [7, 11) is 2.15. The molecule has 1 aromatic rings. The molecule has 0 radical (unpaired) electrons. The maximum absolute atomic E-state index is 11.6. The average molecular weight is 310 g/mol. The van der Waals surface area contributed by atoms with Gasteiger partial charge in [-0.1, -0.05) is 6.42 Å². The molecule has 1 saturated carbocycles. The topological polar surface area (TPSA) is 62.5 Å². The standard InChI is InChI=1S/C15H26N4OS/c1-4-19(11(2)20)15-17-13(10-21-15)9-18(3)14-7-5-6-12(14)8-16/h10,12,14H,4-9,16H2,1-3H3. The third-order valence-electron chi connectivity index (χ3n) is 4.37. The van der Waals surface area contributed by atoms with Crippen LogP contribution >= 0.6 is 11.3 Å². The molecule has 0 aliphatic heterocycles. The van der Waals surface area contributed by atoms with Gasteiger partial charge >= 0.3 is 0 Å². The van der Waals surface area contributed by atoms with Crippen LogP contribution in [0.15, 0.2) is 5.38 Å². The fraction of sp³-hybridized carbons (Fsp3) is 0.733. The van der Waals surface area contributed by atoms with Gasteiger partial charge < -0.3 is 5.73 Å². The van der Waals surface area contributed by atoms with Crippen molar-refractivity contribution in [3.8, 4) is 0 Å². The van der Waals surface area contributed by atoms with Gasteiger partial charge in [-0.15, -0.1) is 11.3 Å². The second kappa shape index (κ2) is 7.33. The molecule has 2 unspecified atom stereocenters. The fourth-order valence-corrected chi connectivity index (χ4v) is 4.15. The number of aromatic nitrogens is 1. The van der Waals surface area contributed by atoms with Crippen LogP contribution in [-0.2, 0) is 11.3 Å². The van der Waals surface area contributed by atoms with Gasteiger partial charge in [-0.25, -0.2) is 4.98 Å². The normalized spacial score (nSPS) is 22.0. The molecule has 118 valence electrons. The van der Waals surface area contributed by atoms with E-state index in [2.05, 4.69) is 22.3 Å². The molecule has 21 heavy (non-hydrogen) atoms. The summed E-state index contributed by atoms with van der Waals surface area (Å²) >= 11 is 1.54. The number of carbonyl (C=O) groups is 1. The molecule has 6 heteroatoms. The maximum atomic E-state index is 11.6. The lowest BCUT2D eigenvalue weighted by molar-refractivity contribution is -0.116. The zero-order chi connectivity index (χ0) is 15.4. The molecule has 1 aromatic heterocycles. The summed E-state index contributed by atoms with van der Waals surface area (Å²) in [5.74, 6) is 0.656. The van der Waals surface area contributed by atoms with Gasteiger partial charge in [0, 0.05) is 31.4 Å². The lowest BCUT2D eigenvalue weighted by atomic mass is 10.0. The van der Waals surface area contributed by atoms with Crippen LogP contribution in [0, 0.1) is 5.92 Å². The third kappa shape index (κ3) is 3.81. The Balaban J connectivity index is 2.00.